The number of aromatic nitrogens is 2. The molecule has 0 aliphatic heterocycles. The highest BCUT2D eigenvalue weighted by Gasteiger charge is 2.21. The minimum atomic E-state index is -0.671. The smallest absolute Gasteiger partial charge is 0.241 e. The van der Waals surface area contributed by atoms with E-state index in [1.807, 2.05) is 19.9 Å². The SMILES string of the molecule is Cc1ccccc1CSCCNC(=O)[C@H](N)c1c(C)n[nH]c1C. The molecule has 2 aromatic rings. The van der Waals surface area contributed by atoms with Gasteiger partial charge in [0.25, 0.3) is 0 Å². The summed E-state index contributed by atoms with van der Waals surface area (Å²) in [6.45, 7) is 6.45. The van der Waals surface area contributed by atoms with Gasteiger partial charge in [0, 0.05) is 29.3 Å². The van der Waals surface area contributed by atoms with Gasteiger partial charge in [-0.1, -0.05) is 24.3 Å². The highest BCUT2D eigenvalue weighted by molar-refractivity contribution is 7.98. The predicted octanol–water partition coefficient (Wildman–Crippen LogP) is 2.38. The fourth-order valence-corrected chi connectivity index (χ4v) is 3.39. The number of amides is 1. The summed E-state index contributed by atoms with van der Waals surface area (Å²) in [7, 11) is 0. The second kappa shape index (κ2) is 8.17. The van der Waals surface area contributed by atoms with Crippen LogP contribution >= 0.6 is 11.8 Å². The van der Waals surface area contributed by atoms with Gasteiger partial charge < -0.3 is 11.1 Å². The zero-order chi connectivity index (χ0) is 16.8. The molecule has 5 nitrogen and oxygen atoms in total. The van der Waals surface area contributed by atoms with E-state index in [1.54, 1.807) is 11.8 Å². The van der Waals surface area contributed by atoms with Crippen LogP contribution in [0.4, 0.5) is 0 Å². The first-order valence-corrected chi connectivity index (χ1v) is 8.83. The van der Waals surface area contributed by atoms with Crippen molar-refractivity contribution < 1.29 is 4.79 Å². The maximum absolute atomic E-state index is 12.1. The van der Waals surface area contributed by atoms with E-state index in [0.29, 0.717) is 6.54 Å². The normalized spacial score (nSPS) is 12.2. The van der Waals surface area contributed by atoms with Gasteiger partial charge in [0.1, 0.15) is 6.04 Å². The third-order valence-electron chi connectivity index (χ3n) is 3.84. The first kappa shape index (κ1) is 17.6. The molecule has 0 fully saturated rings. The second-order valence-electron chi connectivity index (χ2n) is 5.60. The molecule has 6 heteroatoms. The number of benzene rings is 1. The molecule has 1 amide bonds. The van der Waals surface area contributed by atoms with Gasteiger partial charge in [-0.25, -0.2) is 0 Å². The summed E-state index contributed by atoms with van der Waals surface area (Å²) in [6.07, 6.45) is 0. The van der Waals surface area contributed by atoms with Crippen LogP contribution in [-0.2, 0) is 10.5 Å². The molecule has 124 valence electrons. The lowest BCUT2D eigenvalue weighted by atomic mass is 10.1. The van der Waals surface area contributed by atoms with Gasteiger partial charge in [-0.3, -0.25) is 9.89 Å². The van der Waals surface area contributed by atoms with Crippen molar-refractivity contribution in [1.82, 2.24) is 15.5 Å². The van der Waals surface area contributed by atoms with Gasteiger partial charge in [0.05, 0.1) is 5.69 Å². The molecule has 0 saturated heterocycles. The molecule has 0 aliphatic rings. The van der Waals surface area contributed by atoms with Crippen LogP contribution in [0.3, 0.4) is 0 Å². The summed E-state index contributed by atoms with van der Waals surface area (Å²) in [4.78, 5) is 12.1. The fourth-order valence-electron chi connectivity index (χ4n) is 2.46. The number of hydrogen-bond acceptors (Lipinski definition) is 4. The van der Waals surface area contributed by atoms with Crippen LogP contribution in [0.2, 0.25) is 0 Å². The van der Waals surface area contributed by atoms with Gasteiger partial charge in [-0.2, -0.15) is 16.9 Å². The lowest BCUT2D eigenvalue weighted by Crippen LogP contribution is -2.35. The average molecular weight is 332 g/mol. The standard InChI is InChI=1S/C17H24N4OS/c1-11-6-4-5-7-14(11)10-23-9-8-19-17(22)16(18)15-12(2)20-21-13(15)3/h4-7,16H,8-10,18H2,1-3H3,(H,19,22)(H,20,21)/t16-/m1/s1. The summed E-state index contributed by atoms with van der Waals surface area (Å²) in [5.41, 5.74) is 11.1. The number of thioether (sulfide) groups is 1. The van der Waals surface area contributed by atoms with E-state index >= 15 is 0 Å². The Morgan fingerprint density at radius 3 is 2.74 bits per heavy atom. The lowest BCUT2D eigenvalue weighted by Gasteiger charge is -2.13. The van der Waals surface area contributed by atoms with E-state index < -0.39 is 6.04 Å². The second-order valence-corrected chi connectivity index (χ2v) is 6.70. The van der Waals surface area contributed by atoms with Crippen molar-refractivity contribution in [2.45, 2.75) is 32.6 Å². The lowest BCUT2D eigenvalue weighted by molar-refractivity contribution is -0.122. The van der Waals surface area contributed by atoms with Gasteiger partial charge in [0.2, 0.25) is 5.91 Å². The van der Waals surface area contributed by atoms with Crippen LogP contribution in [0.25, 0.3) is 0 Å². The average Bonchev–Trinajstić information content (AvgIpc) is 2.86. The van der Waals surface area contributed by atoms with Crippen LogP contribution in [0.1, 0.15) is 34.1 Å². The van der Waals surface area contributed by atoms with Gasteiger partial charge in [0.15, 0.2) is 0 Å². The Bertz CT molecular complexity index is 649. The monoisotopic (exact) mass is 332 g/mol. The van der Waals surface area contributed by atoms with Crippen molar-refractivity contribution >= 4 is 17.7 Å². The molecule has 0 radical (unpaired) electrons. The number of hydrogen-bond donors (Lipinski definition) is 3. The minimum absolute atomic E-state index is 0.158. The molecule has 1 aromatic heterocycles. The summed E-state index contributed by atoms with van der Waals surface area (Å²) in [6, 6.07) is 7.69. The zero-order valence-corrected chi connectivity index (χ0v) is 14.7. The number of rotatable bonds is 7. The minimum Gasteiger partial charge on any atom is -0.354 e. The molecular formula is C17H24N4OS. The highest BCUT2D eigenvalue weighted by atomic mass is 32.2. The molecule has 0 unspecified atom stereocenters. The number of nitrogens with zero attached hydrogens (tertiary/aromatic N) is 1. The van der Waals surface area contributed by atoms with E-state index in [-0.39, 0.29) is 5.91 Å². The van der Waals surface area contributed by atoms with Gasteiger partial charge in [-0.15, -0.1) is 0 Å². The molecule has 23 heavy (non-hydrogen) atoms. The Kier molecular flexibility index (Phi) is 6.24. The molecule has 4 N–H and O–H groups in total. The predicted molar refractivity (Wildman–Crippen MR) is 95.3 cm³/mol. The first-order valence-electron chi connectivity index (χ1n) is 7.67. The summed E-state index contributed by atoms with van der Waals surface area (Å²) in [5.74, 6) is 1.65. The third-order valence-corrected chi connectivity index (χ3v) is 4.85. The summed E-state index contributed by atoms with van der Waals surface area (Å²) >= 11 is 1.80. The molecule has 1 heterocycles. The number of carbonyl (C=O) groups excluding carboxylic acids is 1. The molecule has 0 saturated carbocycles. The topological polar surface area (TPSA) is 83.8 Å². The Balaban J connectivity index is 1.74. The van der Waals surface area contributed by atoms with Crippen LogP contribution in [0, 0.1) is 20.8 Å². The third kappa shape index (κ3) is 4.59. The van der Waals surface area contributed by atoms with E-state index in [0.717, 1.165) is 28.5 Å². The quantitative estimate of drug-likeness (QED) is 0.680. The van der Waals surface area contributed by atoms with E-state index in [2.05, 4.69) is 40.6 Å². The molecule has 2 rings (SSSR count). The van der Waals surface area contributed by atoms with Gasteiger partial charge >= 0.3 is 0 Å². The molecule has 1 aromatic carbocycles. The maximum atomic E-state index is 12.1. The Morgan fingerprint density at radius 2 is 2.09 bits per heavy atom. The zero-order valence-electron chi connectivity index (χ0n) is 13.8. The van der Waals surface area contributed by atoms with Crippen LogP contribution in [0.5, 0.6) is 0 Å². The van der Waals surface area contributed by atoms with Crippen molar-refractivity contribution in [3.8, 4) is 0 Å². The number of carbonyl (C=O) groups is 1. The number of aryl methyl sites for hydroxylation is 3. The van der Waals surface area contributed by atoms with E-state index in [9.17, 15) is 4.79 Å². The Hall–Kier alpha value is -1.79. The number of aromatic amines is 1. The van der Waals surface area contributed by atoms with Crippen LogP contribution < -0.4 is 11.1 Å². The Labute approximate surface area is 141 Å². The van der Waals surface area contributed by atoms with Crippen LogP contribution in [-0.4, -0.2) is 28.4 Å². The number of nitrogens with one attached hydrogen (secondary N) is 2. The molecule has 0 bridgehead atoms. The summed E-state index contributed by atoms with van der Waals surface area (Å²) in [5, 5.41) is 9.84. The highest BCUT2D eigenvalue weighted by Crippen LogP contribution is 2.18. The first-order chi connectivity index (χ1) is 11.0. The fraction of sp³-hybridized carbons (Fsp3) is 0.412. The molecule has 1 atom stereocenters. The van der Waals surface area contributed by atoms with Crippen LogP contribution in [0.15, 0.2) is 24.3 Å². The molecule has 0 spiro atoms. The molecular weight excluding hydrogens is 308 g/mol. The number of nitrogens with two attached hydrogens (primary N) is 1. The van der Waals surface area contributed by atoms with Crippen molar-refractivity contribution in [2.75, 3.05) is 12.3 Å². The Morgan fingerprint density at radius 1 is 1.35 bits per heavy atom. The van der Waals surface area contributed by atoms with Gasteiger partial charge in [-0.05, 0) is 31.9 Å². The maximum Gasteiger partial charge on any atom is 0.241 e. The summed E-state index contributed by atoms with van der Waals surface area (Å²) < 4.78 is 0. The van der Waals surface area contributed by atoms with Crippen molar-refractivity contribution in [2.24, 2.45) is 5.73 Å². The largest absolute Gasteiger partial charge is 0.354 e. The molecule has 0 aliphatic carbocycles. The van der Waals surface area contributed by atoms with Crippen molar-refractivity contribution in [3.63, 3.8) is 0 Å². The van der Waals surface area contributed by atoms with E-state index in [4.69, 9.17) is 5.73 Å². The van der Waals surface area contributed by atoms with Crippen molar-refractivity contribution in [1.29, 1.82) is 0 Å². The van der Waals surface area contributed by atoms with Crippen molar-refractivity contribution in [3.05, 3.63) is 52.3 Å². The number of H-pyrrole nitrogens is 1. The van der Waals surface area contributed by atoms with E-state index in [1.165, 1.54) is 11.1 Å².